The number of aliphatic hydroxyl groups excluding tert-OH is 2. The molecule has 0 spiro atoms. The van der Waals surface area contributed by atoms with Crippen molar-refractivity contribution in [1.29, 1.82) is 0 Å². The standard InChI is InChI=1S/C46H56O15/c1-8-9-12-21-33(50)59-36(28-17-13-10-14-18-28)35(51)42(54)58-30-23-46(55)40(60-41(53)29-19-15-11-16-20-29)38-44(7,31(49)22-32-45(38,24-56-32)61-27(4)48)39(52)37(57-26(3)47)34(25(30)2)43(46,5)6/h10-11,13-20,30-32,35-38,40,49,51,55H,8-9,12,21-24H2,1-7H3/t30-,31+,32-,35-,36+,37-,38-,40-,44-,45?,46-/m1/s1. The van der Waals surface area contributed by atoms with E-state index in [2.05, 4.69) is 0 Å². The van der Waals surface area contributed by atoms with Gasteiger partial charge in [-0.25, -0.2) is 9.59 Å². The normalized spacial score (nSPS) is 32.3. The van der Waals surface area contributed by atoms with E-state index in [1.54, 1.807) is 62.4 Å². The van der Waals surface area contributed by atoms with Crippen LogP contribution >= 0.6 is 0 Å². The monoisotopic (exact) mass is 848 g/mol. The molecule has 1 heterocycles. The van der Waals surface area contributed by atoms with Crippen molar-refractivity contribution in [1.82, 2.24) is 0 Å². The third kappa shape index (κ3) is 8.01. The number of benzene rings is 2. The Morgan fingerprint density at radius 2 is 1.54 bits per heavy atom. The smallest absolute Gasteiger partial charge is 0.339 e. The summed E-state index contributed by atoms with van der Waals surface area (Å²) in [5.41, 5.74) is -7.32. The van der Waals surface area contributed by atoms with E-state index in [1.807, 2.05) is 6.92 Å². The Morgan fingerprint density at radius 3 is 2.11 bits per heavy atom. The highest BCUT2D eigenvalue weighted by atomic mass is 16.6. The largest absolute Gasteiger partial charge is 0.456 e. The molecule has 330 valence electrons. The summed E-state index contributed by atoms with van der Waals surface area (Å²) in [6.45, 7) is 9.95. The van der Waals surface area contributed by atoms with Crippen LogP contribution in [-0.2, 0) is 52.4 Å². The Balaban J connectivity index is 1.52. The maximum absolute atomic E-state index is 15.5. The van der Waals surface area contributed by atoms with Crippen LogP contribution in [0.5, 0.6) is 0 Å². The van der Waals surface area contributed by atoms with Gasteiger partial charge in [0.1, 0.15) is 23.9 Å². The summed E-state index contributed by atoms with van der Waals surface area (Å²) >= 11 is 0. The van der Waals surface area contributed by atoms with Crippen LogP contribution in [0.2, 0.25) is 0 Å². The third-order valence-corrected chi connectivity index (χ3v) is 13.3. The van der Waals surface area contributed by atoms with E-state index in [1.165, 1.54) is 26.0 Å². The summed E-state index contributed by atoms with van der Waals surface area (Å²) in [4.78, 5) is 82.8. The zero-order valence-electron chi connectivity index (χ0n) is 35.6. The van der Waals surface area contributed by atoms with Crippen LogP contribution in [0.4, 0.5) is 0 Å². The lowest BCUT2D eigenvalue weighted by Gasteiger charge is -2.67. The van der Waals surface area contributed by atoms with Gasteiger partial charge < -0.3 is 43.7 Å². The van der Waals surface area contributed by atoms with Crippen LogP contribution in [0.25, 0.3) is 0 Å². The first-order valence-corrected chi connectivity index (χ1v) is 20.8. The van der Waals surface area contributed by atoms with Crippen LogP contribution < -0.4 is 0 Å². The summed E-state index contributed by atoms with van der Waals surface area (Å²) in [5.74, 6) is -6.91. The van der Waals surface area contributed by atoms with Crippen LogP contribution in [0.3, 0.4) is 0 Å². The van der Waals surface area contributed by atoms with Crippen molar-refractivity contribution in [3.8, 4) is 0 Å². The minimum Gasteiger partial charge on any atom is -0.456 e. The highest BCUT2D eigenvalue weighted by Gasteiger charge is 2.78. The number of ketones is 1. The fourth-order valence-electron chi connectivity index (χ4n) is 10.0. The second kappa shape index (κ2) is 17.4. The molecular formula is C46H56O15. The van der Waals surface area contributed by atoms with Crippen molar-refractivity contribution in [3.63, 3.8) is 0 Å². The van der Waals surface area contributed by atoms with Gasteiger partial charge in [0.25, 0.3) is 0 Å². The van der Waals surface area contributed by atoms with Crippen LogP contribution in [0.1, 0.15) is 109 Å². The number of carbonyl (C=O) groups is 6. The molecule has 6 rings (SSSR count). The lowest BCUT2D eigenvalue weighted by molar-refractivity contribution is -0.346. The van der Waals surface area contributed by atoms with Gasteiger partial charge in [0.15, 0.2) is 29.7 Å². The molecule has 3 fully saturated rings. The van der Waals surface area contributed by atoms with E-state index in [9.17, 15) is 39.3 Å². The third-order valence-electron chi connectivity index (χ3n) is 13.3. The minimum absolute atomic E-state index is 0.00291. The first-order valence-electron chi connectivity index (χ1n) is 20.8. The summed E-state index contributed by atoms with van der Waals surface area (Å²) in [6, 6.07) is 16.0. The highest BCUT2D eigenvalue weighted by Crippen LogP contribution is 2.64. The summed E-state index contributed by atoms with van der Waals surface area (Å²) in [5, 5.41) is 37.3. The zero-order chi connectivity index (χ0) is 44.7. The van der Waals surface area contributed by atoms with Crippen molar-refractivity contribution >= 4 is 35.6 Å². The summed E-state index contributed by atoms with van der Waals surface area (Å²) < 4.78 is 35.9. The topological polar surface area (TPSA) is 218 Å². The van der Waals surface area contributed by atoms with Crippen molar-refractivity contribution in [2.24, 2.45) is 16.7 Å². The number of ether oxygens (including phenoxy) is 6. The molecule has 3 aliphatic carbocycles. The lowest BCUT2D eigenvalue weighted by atomic mass is 9.44. The van der Waals surface area contributed by atoms with Crippen LogP contribution in [0.15, 0.2) is 71.8 Å². The van der Waals surface area contributed by atoms with Crippen molar-refractivity contribution in [3.05, 3.63) is 82.9 Å². The van der Waals surface area contributed by atoms with E-state index >= 15 is 4.79 Å². The van der Waals surface area contributed by atoms with Gasteiger partial charge in [0.2, 0.25) is 0 Å². The number of carbonyl (C=O) groups excluding carboxylic acids is 6. The SMILES string of the molecule is CCCCCC(=O)O[C@@H](c1ccccc1)[C@@H](O)C(=O)O[C@@H]1C[C@@]2(O)[C@H](OC(=O)c3ccccc3)[C@H]3C4(OC(C)=O)CO[C@@H]4C[C@H](O)[C@@]3(C)C(=O)[C@H](OC(C)=O)C(=C1C)C2(C)C. The molecule has 1 unspecified atom stereocenters. The molecule has 2 aromatic rings. The average molecular weight is 849 g/mol. The van der Waals surface area contributed by atoms with Gasteiger partial charge >= 0.3 is 29.8 Å². The van der Waals surface area contributed by atoms with E-state index in [4.69, 9.17) is 28.4 Å². The van der Waals surface area contributed by atoms with Gasteiger partial charge in [-0.1, -0.05) is 82.1 Å². The van der Waals surface area contributed by atoms with Crippen molar-refractivity contribution < 1.29 is 72.5 Å². The molecular weight excluding hydrogens is 792 g/mol. The Bertz CT molecular complexity index is 2050. The molecule has 3 N–H and O–H groups in total. The Morgan fingerprint density at radius 1 is 0.902 bits per heavy atom. The van der Waals surface area contributed by atoms with Crippen molar-refractivity contribution in [2.75, 3.05) is 6.61 Å². The number of aliphatic hydroxyl groups is 3. The van der Waals surface area contributed by atoms with Gasteiger partial charge in [-0.15, -0.1) is 0 Å². The molecule has 61 heavy (non-hydrogen) atoms. The predicted octanol–water partition coefficient (Wildman–Crippen LogP) is 4.43. The maximum Gasteiger partial charge on any atom is 0.339 e. The van der Waals surface area contributed by atoms with Crippen molar-refractivity contribution in [2.45, 2.75) is 141 Å². The molecule has 0 amide bonds. The fraction of sp³-hybridized carbons (Fsp3) is 0.565. The van der Waals surface area contributed by atoms with E-state index in [0.717, 1.165) is 26.7 Å². The van der Waals surface area contributed by atoms with E-state index in [0.29, 0.717) is 12.0 Å². The van der Waals surface area contributed by atoms with Gasteiger partial charge in [-0.05, 0) is 49.1 Å². The predicted molar refractivity (Wildman–Crippen MR) is 214 cm³/mol. The van der Waals surface area contributed by atoms with Gasteiger partial charge in [-0.3, -0.25) is 19.2 Å². The minimum atomic E-state index is -2.39. The van der Waals surface area contributed by atoms with Crippen LogP contribution in [0, 0.1) is 16.7 Å². The molecule has 2 aromatic carbocycles. The van der Waals surface area contributed by atoms with Gasteiger partial charge in [0, 0.05) is 38.5 Å². The average Bonchev–Trinajstić information content (AvgIpc) is 3.21. The lowest BCUT2D eigenvalue weighted by Crippen LogP contribution is -2.82. The molecule has 1 saturated heterocycles. The van der Waals surface area contributed by atoms with E-state index < -0.39 is 113 Å². The fourth-order valence-corrected chi connectivity index (χ4v) is 10.0. The van der Waals surface area contributed by atoms with Crippen LogP contribution in [-0.4, -0.2) is 105 Å². The molecule has 15 heteroatoms. The first kappa shape index (κ1) is 45.6. The highest BCUT2D eigenvalue weighted by molar-refractivity contribution is 5.95. The second-order valence-corrected chi connectivity index (χ2v) is 17.4. The second-order valence-electron chi connectivity index (χ2n) is 17.4. The van der Waals surface area contributed by atoms with E-state index in [-0.39, 0.29) is 36.2 Å². The number of unbranched alkanes of at least 4 members (excludes halogenated alkanes) is 2. The molecule has 0 radical (unpaired) electrons. The molecule has 2 bridgehead atoms. The zero-order valence-corrected chi connectivity index (χ0v) is 35.6. The van der Waals surface area contributed by atoms with Gasteiger partial charge in [0.05, 0.1) is 29.6 Å². The quantitative estimate of drug-likeness (QED) is 0.110. The molecule has 11 atom stereocenters. The number of fused-ring (bicyclic) bond motifs is 5. The number of Topliss-reactive ketones (excluding diaryl/α,β-unsaturated/α-hetero) is 1. The number of esters is 5. The molecule has 2 saturated carbocycles. The molecule has 1 aliphatic heterocycles. The number of hydrogen-bond acceptors (Lipinski definition) is 15. The Kier molecular flexibility index (Phi) is 13.0. The van der Waals surface area contributed by atoms with Gasteiger partial charge in [-0.2, -0.15) is 0 Å². The number of hydrogen-bond donors (Lipinski definition) is 3. The molecule has 15 nitrogen and oxygen atoms in total. The summed E-state index contributed by atoms with van der Waals surface area (Å²) in [7, 11) is 0. The Hall–Kier alpha value is -4.96. The summed E-state index contributed by atoms with van der Waals surface area (Å²) in [6.07, 6.45) is -9.86. The maximum atomic E-state index is 15.5. The Labute approximate surface area is 354 Å². The molecule has 4 aliphatic rings. The molecule has 0 aromatic heterocycles. The number of rotatable bonds is 13. The first-order chi connectivity index (χ1) is 28.7.